The molecule has 6 heteroatoms. The molecule has 1 saturated heterocycles. The summed E-state index contributed by atoms with van der Waals surface area (Å²) in [4.78, 5) is 0. The largest absolute Gasteiger partial charge is 0.500 e. The Morgan fingerprint density at radius 3 is 1.94 bits per heavy atom. The molecule has 0 radical (unpaired) electrons. The van der Waals surface area contributed by atoms with Crippen LogP contribution in [0.3, 0.4) is 0 Å². The maximum Gasteiger partial charge on any atom is 0.500 e. The first-order valence-electron chi connectivity index (χ1n) is 6.38. The van der Waals surface area contributed by atoms with Crippen LogP contribution in [0.5, 0.6) is 0 Å². The normalized spacial score (nSPS) is 20.5. The Kier molecular flexibility index (Phi) is 6.23. The molecule has 1 aliphatic heterocycles. The lowest BCUT2D eigenvalue weighted by molar-refractivity contribution is -0.182. The summed E-state index contributed by atoms with van der Waals surface area (Å²) in [6, 6.07) is 0.761. The van der Waals surface area contributed by atoms with E-state index >= 15 is 0 Å². The molecule has 0 aromatic rings. The second-order valence-electron chi connectivity index (χ2n) is 4.77. The van der Waals surface area contributed by atoms with Crippen molar-refractivity contribution in [1.29, 1.82) is 0 Å². The minimum Gasteiger partial charge on any atom is -0.381 e. The highest BCUT2D eigenvalue weighted by molar-refractivity contribution is 6.60. The zero-order valence-electron chi connectivity index (χ0n) is 12.2. The Balaban J connectivity index is 2.58. The van der Waals surface area contributed by atoms with Crippen LogP contribution in [-0.4, -0.2) is 56.6 Å². The molecule has 108 valence electrons. The Morgan fingerprint density at radius 1 is 1.11 bits per heavy atom. The summed E-state index contributed by atoms with van der Waals surface area (Å²) in [5, 5.41) is 0. The minimum absolute atomic E-state index is 0.157. The van der Waals surface area contributed by atoms with Crippen LogP contribution >= 0.6 is 0 Å². The zero-order chi connectivity index (χ0) is 13.6. The van der Waals surface area contributed by atoms with Gasteiger partial charge < -0.3 is 22.8 Å². The fourth-order valence-corrected chi connectivity index (χ4v) is 4.25. The molecule has 0 spiro atoms. The summed E-state index contributed by atoms with van der Waals surface area (Å²) >= 11 is 0. The molecule has 18 heavy (non-hydrogen) atoms. The molecular formula is C12H26O5Si. The van der Waals surface area contributed by atoms with Gasteiger partial charge in [-0.05, 0) is 12.8 Å². The molecule has 0 aromatic carbocycles. The first-order chi connectivity index (χ1) is 8.62. The number of methoxy groups -OCH3 is 1. The van der Waals surface area contributed by atoms with E-state index in [0.717, 1.165) is 32.1 Å². The molecule has 1 unspecified atom stereocenters. The van der Waals surface area contributed by atoms with Gasteiger partial charge in [0, 0.05) is 39.9 Å². The van der Waals surface area contributed by atoms with Crippen LogP contribution in [-0.2, 0) is 22.8 Å². The van der Waals surface area contributed by atoms with E-state index in [4.69, 9.17) is 22.8 Å². The van der Waals surface area contributed by atoms with Crippen LogP contribution in [0.4, 0.5) is 0 Å². The standard InChI is InChI=1S/C12H26O5Si/c1-6-12(9-17-10-12)11(13-2)7-8-18(14-3,15-4)16-5/h11H,6-10H2,1-5H3. The average molecular weight is 278 g/mol. The summed E-state index contributed by atoms with van der Waals surface area (Å²) < 4.78 is 27.3. The van der Waals surface area contributed by atoms with Gasteiger partial charge in [0.1, 0.15) is 0 Å². The molecule has 1 fully saturated rings. The number of rotatable bonds is 9. The van der Waals surface area contributed by atoms with E-state index in [-0.39, 0.29) is 11.5 Å². The SMILES string of the molecule is CCC1(C(CC[Si](OC)(OC)OC)OC)COC1. The minimum atomic E-state index is -2.50. The van der Waals surface area contributed by atoms with Gasteiger partial charge in [0.15, 0.2) is 0 Å². The Labute approximate surface area is 111 Å². The number of ether oxygens (including phenoxy) is 2. The van der Waals surface area contributed by atoms with E-state index in [9.17, 15) is 0 Å². The maximum absolute atomic E-state index is 5.65. The predicted molar refractivity (Wildman–Crippen MR) is 70.5 cm³/mol. The molecular weight excluding hydrogens is 252 g/mol. The highest BCUT2D eigenvalue weighted by Gasteiger charge is 2.47. The Morgan fingerprint density at radius 2 is 1.67 bits per heavy atom. The number of hydrogen-bond donors (Lipinski definition) is 0. The molecule has 5 nitrogen and oxygen atoms in total. The zero-order valence-corrected chi connectivity index (χ0v) is 13.2. The predicted octanol–water partition coefficient (Wildman–Crippen LogP) is 1.70. The fraction of sp³-hybridized carbons (Fsp3) is 1.00. The summed E-state index contributed by atoms with van der Waals surface area (Å²) in [6.45, 7) is 3.75. The first kappa shape index (κ1) is 16.1. The van der Waals surface area contributed by atoms with Crippen LogP contribution in [0.15, 0.2) is 0 Å². The molecule has 0 bridgehead atoms. The molecule has 1 rings (SSSR count). The van der Waals surface area contributed by atoms with Crippen molar-refractivity contribution in [2.75, 3.05) is 41.7 Å². The van der Waals surface area contributed by atoms with Crippen LogP contribution in [0, 0.1) is 5.41 Å². The molecule has 0 amide bonds. The molecule has 0 N–H and O–H groups in total. The highest BCUT2D eigenvalue weighted by atomic mass is 28.4. The Bertz CT molecular complexity index is 227. The summed E-state index contributed by atoms with van der Waals surface area (Å²) in [5.41, 5.74) is 0.157. The topological polar surface area (TPSA) is 46.2 Å². The molecule has 1 heterocycles. The van der Waals surface area contributed by atoms with Crippen molar-refractivity contribution < 1.29 is 22.8 Å². The van der Waals surface area contributed by atoms with Gasteiger partial charge in [0.2, 0.25) is 0 Å². The van der Waals surface area contributed by atoms with Crippen molar-refractivity contribution >= 4 is 8.80 Å². The third-order valence-electron chi connectivity index (χ3n) is 4.10. The summed E-state index contributed by atoms with van der Waals surface area (Å²) in [5.74, 6) is 0. The molecule has 1 atom stereocenters. The van der Waals surface area contributed by atoms with Crippen LogP contribution < -0.4 is 0 Å². The van der Waals surface area contributed by atoms with E-state index in [1.54, 1.807) is 28.4 Å². The van der Waals surface area contributed by atoms with E-state index in [2.05, 4.69) is 6.92 Å². The average Bonchev–Trinajstić information content (AvgIpc) is 2.37. The van der Waals surface area contributed by atoms with Gasteiger partial charge in [0.05, 0.1) is 19.3 Å². The lowest BCUT2D eigenvalue weighted by atomic mass is 9.76. The van der Waals surface area contributed by atoms with E-state index < -0.39 is 8.80 Å². The van der Waals surface area contributed by atoms with Crippen molar-refractivity contribution in [3.05, 3.63) is 0 Å². The lowest BCUT2D eigenvalue weighted by Crippen LogP contribution is -2.53. The quantitative estimate of drug-likeness (QED) is 0.601. The second-order valence-corrected chi connectivity index (χ2v) is 7.86. The van der Waals surface area contributed by atoms with Gasteiger partial charge in [-0.2, -0.15) is 0 Å². The third-order valence-corrected chi connectivity index (χ3v) is 6.86. The van der Waals surface area contributed by atoms with Crippen molar-refractivity contribution in [3.8, 4) is 0 Å². The molecule has 0 aliphatic carbocycles. The van der Waals surface area contributed by atoms with E-state index in [1.165, 1.54) is 0 Å². The summed E-state index contributed by atoms with van der Waals surface area (Å²) in [6.07, 6.45) is 2.10. The van der Waals surface area contributed by atoms with E-state index in [0.29, 0.717) is 0 Å². The second kappa shape index (κ2) is 6.98. The highest BCUT2D eigenvalue weighted by Crippen LogP contribution is 2.39. The van der Waals surface area contributed by atoms with E-state index in [1.807, 2.05) is 0 Å². The summed E-state index contributed by atoms with van der Waals surface area (Å²) in [7, 11) is 4.19. The van der Waals surface area contributed by atoms with Crippen molar-refractivity contribution in [1.82, 2.24) is 0 Å². The third kappa shape index (κ3) is 3.12. The van der Waals surface area contributed by atoms with Gasteiger partial charge in [-0.15, -0.1) is 0 Å². The molecule has 0 saturated carbocycles. The van der Waals surface area contributed by atoms with Crippen molar-refractivity contribution in [2.24, 2.45) is 5.41 Å². The van der Waals surface area contributed by atoms with Crippen LogP contribution in [0.2, 0.25) is 6.04 Å². The molecule has 1 aliphatic rings. The maximum atomic E-state index is 5.65. The van der Waals surface area contributed by atoms with Gasteiger partial charge >= 0.3 is 8.80 Å². The fourth-order valence-electron chi connectivity index (χ4n) is 2.52. The van der Waals surface area contributed by atoms with Gasteiger partial charge in [-0.25, -0.2) is 0 Å². The Hall–Kier alpha value is 0.0169. The van der Waals surface area contributed by atoms with Crippen LogP contribution in [0.1, 0.15) is 19.8 Å². The monoisotopic (exact) mass is 278 g/mol. The van der Waals surface area contributed by atoms with Crippen molar-refractivity contribution in [2.45, 2.75) is 31.9 Å². The molecule has 0 aromatic heterocycles. The first-order valence-corrected chi connectivity index (χ1v) is 8.31. The van der Waals surface area contributed by atoms with Gasteiger partial charge in [-0.3, -0.25) is 0 Å². The number of hydrogen-bond acceptors (Lipinski definition) is 5. The van der Waals surface area contributed by atoms with Gasteiger partial charge in [0.25, 0.3) is 0 Å². The lowest BCUT2D eigenvalue weighted by Gasteiger charge is -2.46. The van der Waals surface area contributed by atoms with Gasteiger partial charge in [-0.1, -0.05) is 6.92 Å². The smallest absolute Gasteiger partial charge is 0.381 e. The van der Waals surface area contributed by atoms with Crippen molar-refractivity contribution in [3.63, 3.8) is 0 Å². The van der Waals surface area contributed by atoms with Crippen LogP contribution in [0.25, 0.3) is 0 Å².